The van der Waals surface area contributed by atoms with E-state index in [9.17, 15) is 18.0 Å². The maximum atomic E-state index is 13.8. The summed E-state index contributed by atoms with van der Waals surface area (Å²) in [6, 6.07) is 18.6. The van der Waals surface area contributed by atoms with Gasteiger partial charge in [0.15, 0.2) is 5.58 Å². The highest BCUT2D eigenvalue weighted by atomic mass is 35.5. The number of hydrogen-bond acceptors (Lipinski definition) is 6. The van der Waals surface area contributed by atoms with Crippen LogP contribution in [0, 0.1) is 0 Å². The molecule has 1 saturated heterocycles. The fraction of sp³-hybridized carbons (Fsp3) is 0.250. The van der Waals surface area contributed by atoms with E-state index in [1.54, 1.807) is 24.3 Å². The zero-order valence-electron chi connectivity index (χ0n) is 20.3. The molecular formula is C28H24ClN3O5S. The Hall–Kier alpha value is -3.53. The molecule has 8 nitrogen and oxygen atoms in total. The number of benzene rings is 3. The van der Waals surface area contributed by atoms with Crippen molar-refractivity contribution < 1.29 is 22.4 Å². The lowest BCUT2D eigenvalue weighted by molar-refractivity contribution is -0.122. The zero-order valence-corrected chi connectivity index (χ0v) is 21.9. The van der Waals surface area contributed by atoms with Gasteiger partial charge in [-0.2, -0.15) is 4.31 Å². The van der Waals surface area contributed by atoms with Crippen LogP contribution >= 0.6 is 11.6 Å². The molecule has 3 aromatic carbocycles. The van der Waals surface area contributed by atoms with Gasteiger partial charge in [0.1, 0.15) is 11.6 Å². The van der Waals surface area contributed by atoms with Gasteiger partial charge in [-0.25, -0.2) is 18.3 Å². The summed E-state index contributed by atoms with van der Waals surface area (Å²) in [6.45, 7) is 0. The van der Waals surface area contributed by atoms with Crippen molar-refractivity contribution in [2.24, 2.45) is 0 Å². The van der Waals surface area contributed by atoms with Crippen molar-refractivity contribution in [1.29, 1.82) is 0 Å². The Balaban J connectivity index is 1.31. The van der Waals surface area contributed by atoms with Crippen LogP contribution in [-0.2, 0) is 19.6 Å². The van der Waals surface area contributed by atoms with Gasteiger partial charge in [0.25, 0.3) is 5.91 Å². The van der Waals surface area contributed by atoms with E-state index in [0.29, 0.717) is 40.6 Å². The normalized spacial score (nSPS) is 18.8. The molecule has 1 aromatic heterocycles. The molecule has 10 heteroatoms. The number of oxazole rings is 1. The number of hydrogen-bond donors (Lipinski definition) is 0. The lowest BCUT2D eigenvalue weighted by Crippen LogP contribution is -2.49. The van der Waals surface area contributed by atoms with Crippen LogP contribution in [0.5, 0.6) is 0 Å². The average Bonchev–Trinajstić information content (AvgIpc) is 3.65. The first-order chi connectivity index (χ1) is 18.3. The highest BCUT2D eigenvalue weighted by molar-refractivity contribution is 7.89. The molecule has 0 N–H and O–H groups in total. The van der Waals surface area contributed by atoms with Gasteiger partial charge in [-0.05, 0) is 73.5 Å². The highest BCUT2D eigenvalue weighted by Crippen LogP contribution is 2.36. The standard InChI is InChI=1S/C28H24ClN3O5S/c29-19-11-15-22(16-12-19)38(35,36)32(21-5-1-2-6-21)24-17-26(33)31(28(24)34)20-13-9-18(10-14-20)27-30-23-7-3-4-8-25(23)37-27/h3-4,7-16,21,24H,1-2,5-6,17H2. The molecule has 2 fully saturated rings. The average molecular weight is 550 g/mol. The molecule has 1 aliphatic carbocycles. The molecular weight excluding hydrogens is 526 g/mol. The maximum absolute atomic E-state index is 13.8. The van der Waals surface area contributed by atoms with Gasteiger partial charge < -0.3 is 4.42 Å². The number of carbonyl (C=O) groups is 2. The SMILES string of the molecule is O=C1CC(N(C2CCCC2)S(=O)(=O)c2ccc(Cl)cc2)C(=O)N1c1ccc(-c2nc3ccccc3o2)cc1. The van der Waals surface area contributed by atoms with Crippen LogP contribution in [0.15, 0.2) is 82.1 Å². The molecule has 0 radical (unpaired) electrons. The Kier molecular flexibility index (Phi) is 6.29. The second-order valence-electron chi connectivity index (χ2n) is 9.55. The topological polar surface area (TPSA) is 101 Å². The Morgan fingerprint density at radius 2 is 1.61 bits per heavy atom. The summed E-state index contributed by atoms with van der Waals surface area (Å²) >= 11 is 5.97. The fourth-order valence-electron chi connectivity index (χ4n) is 5.34. The molecule has 0 bridgehead atoms. The van der Waals surface area contributed by atoms with Gasteiger partial charge in [0, 0.05) is 16.6 Å². The zero-order chi connectivity index (χ0) is 26.4. The summed E-state index contributed by atoms with van der Waals surface area (Å²) in [4.78, 5) is 32.4. The molecule has 6 rings (SSSR count). The molecule has 194 valence electrons. The summed E-state index contributed by atoms with van der Waals surface area (Å²) in [5.74, 6) is -0.561. The minimum Gasteiger partial charge on any atom is -0.436 e. The minimum absolute atomic E-state index is 0.0511. The first kappa shape index (κ1) is 24.8. The number of sulfonamides is 1. The molecule has 1 unspecified atom stereocenters. The van der Waals surface area contributed by atoms with Crippen molar-refractivity contribution >= 4 is 50.2 Å². The van der Waals surface area contributed by atoms with Crippen LogP contribution in [-0.4, -0.2) is 41.6 Å². The van der Waals surface area contributed by atoms with E-state index in [-0.39, 0.29) is 17.4 Å². The first-order valence-corrected chi connectivity index (χ1v) is 14.3. The molecule has 2 heterocycles. The Morgan fingerprint density at radius 1 is 0.921 bits per heavy atom. The summed E-state index contributed by atoms with van der Waals surface area (Å²) in [5.41, 5.74) is 2.46. The summed E-state index contributed by atoms with van der Waals surface area (Å²) in [7, 11) is -4.05. The van der Waals surface area contributed by atoms with Gasteiger partial charge in [-0.1, -0.05) is 36.6 Å². The third-order valence-corrected chi connectivity index (χ3v) is 9.40. The highest BCUT2D eigenvalue weighted by Gasteiger charge is 2.49. The van der Waals surface area contributed by atoms with E-state index in [1.807, 2.05) is 24.3 Å². The molecule has 1 atom stereocenters. The minimum atomic E-state index is -4.05. The maximum Gasteiger partial charge on any atom is 0.252 e. The first-order valence-electron chi connectivity index (χ1n) is 12.4. The number of carbonyl (C=O) groups excluding carboxylic acids is 2. The monoisotopic (exact) mass is 549 g/mol. The molecule has 38 heavy (non-hydrogen) atoms. The van der Waals surface area contributed by atoms with Gasteiger partial charge in [0.05, 0.1) is 17.0 Å². The lowest BCUT2D eigenvalue weighted by atomic mass is 10.1. The van der Waals surface area contributed by atoms with Crippen molar-refractivity contribution in [3.8, 4) is 11.5 Å². The summed E-state index contributed by atoms with van der Waals surface area (Å²) < 4.78 is 34.6. The Labute approximate surface area is 224 Å². The molecule has 4 aromatic rings. The second-order valence-corrected chi connectivity index (χ2v) is 11.8. The number of anilines is 1. The van der Waals surface area contributed by atoms with Gasteiger partial charge in [-0.3, -0.25) is 9.59 Å². The van der Waals surface area contributed by atoms with Gasteiger partial charge in [-0.15, -0.1) is 0 Å². The number of rotatable bonds is 6. The quantitative estimate of drug-likeness (QED) is 0.298. The molecule has 2 aliphatic rings. The molecule has 0 spiro atoms. The van der Waals surface area contributed by atoms with Crippen LogP contribution in [0.4, 0.5) is 5.69 Å². The smallest absolute Gasteiger partial charge is 0.252 e. The lowest BCUT2D eigenvalue weighted by Gasteiger charge is -2.32. The van der Waals surface area contributed by atoms with Crippen LogP contribution < -0.4 is 4.90 Å². The number of aromatic nitrogens is 1. The van der Waals surface area contributed by atoms with Crippen LogP contribution in [0.3, 0.4) is 0 Å². The number of amides is 2. The van der Waals surface area contributed by atoms with Crippen molar-refractivity contribution in [2.75, 3.05) is 4.90 Å². The number of imide groups is 1. The third-order valence-electron chi connectivity index (χ3n) is 7.17. The van der Waals surface area contributed by atoms with E-state index >= 15 is 0 Å². The van der Waals surface area contributed by atoms with E-state index in [1.165, 1.54) is 28.6 Å². The van der Waals surface area contributed by atoms with Gasteiger partial charge >= 0.3 is 0 Å². The molecule has 1 aliphatic heterocycles. The van der Waals surface area contributed by atoms with Gasteiger partial charge in [0.2, 0.25) is 21.8 Å². The Bertz CT molecular complexity index is 1590. The van der Waals surface area contributed by atoms with E-state index in [0.717, 1.165) is 23.3 Å². The van der Waals surface area contributed by atoms with Crippen LogP contribution in [0.2, 0.25) is 5.02 Å². The second kappa shape index (κ2) is 9.65. The number of nitrogens with zero attached hydrogens (tertiary/aromatic N) is 3. The number of para-hydroxylation sites is 2. The summed E-state index contributed by atoms with van der Waals surface area (Å²) in [5, 5.41) is 0.413. The molecule has 1 saturated carbocycles. The fourth-order valence-corrected chi connectivity index (χ4v) is 7.29. The predicted molar refractivity (Wildman–Crippen MR) is 143 cm³/mol. The van der Waals surface area contributed by atoms with Crippen LogP contribution in [0.1, 0.15) is 32.1 Å². The van der Waals surface area contributed by atoms with Crippen molar-refractivity contribution in [1.82, 2.24) is 9.29 Å². The Morgan fingerprint density at radius 3 is 2.29 bits per heavy atom. The number of halogens is 1. The van der Waals surface area contributed by atoms with E-state index < -0.39 is 27.9 Å². The van der Waals surface area contributed by atoms with E-state index in [2.05, 4.69) is 4.98 Å². The van der Waals surface area contributed by atoms with E-state index in [4.69, 9.17) is 16.0 Å². The van der Waals surface area contributed by atoms with Crippen molar-refractivity contribution in [3.63, 3.8) is 0 Å². The van der Waals surface area contributed by atoms with Crippen molar-refractivity contribution in [2.45, 2.75) is 49.1 Å². The van der Waals surface area contributed by atoms with Crippen molar-refractivity contribution in [3.05, 3.63) is 77.8 Å². The summed E-state index contributed by atoms with van der Waals surface area (Å²) in [6.07, 6.45) is 2.81. The number of fused-ring (bicyclic) bond motifs is 1. The molecule has 2 amide bonds. The predicted octanol–water partition coefficient (Wildman–Crippen LogP) is 5.41. The van der Waals surface area contributed by atoms with Crippen LogP contribution in [0.25, 0.3) is 22.6 Å². The third kappa shape index (κ3) is 4.30. The largest absolute Gasteiger partial charge is 0.436 e.